The van der Waals surface area contributed by atoms with Crippen LogP contribution in [0.2, 0.25) is 0 Å². The number of thiophene rings is 1. The zero-order valence-corrected chi connectivity index (χ0v) is 12.9. The fourth-order valence-corrected chi connectivity index (χ4v) is 3.98. The summed E-state index contributed by atoms with van der Waals surface area (Å²) in [5.41, 5.74) is 1.83. The topological polar surface area (TPSA) is 62.2 Å². The number of hydrogen-bond donors (Lipinski definition) is 2. The second kappa shape index (κ2) is 6.39. The van der Waals surface area contributed by atoms with Crippen LogP contribution in [0.25, 0.3) is 0 Å². The zero-order valence-electron chi connectivity index (χ0n) is 11.3. The molecule has 0 atom stereocenters. The van der Waals surface area contributed by atoms with E-state index in [1.807, 2.05) is 11.4 Å². The van der Waals surface area contributed by atoms with Crippen molar-refractivity contribution in [1.29, 1.82) is 0 Å². The normalized spacial score (nSPS) is 12.6. The quantitative estimate of drug-likeness (QED) is 0.855. The van der Waals surface area contributed by atoms with Crippen LogP contribution in [-0.4, -0.2) is 22.6 Å². The fraction of sp³-hybridized carbons (Fsp3) is 0.333. The van der Waals surface area contributed by atoms with Gasteiger partial charge in [0, 0.05) is 16.9 Å². The molecule has 4 nitrogen and oxygen atoms in total. The van der Waals surface area contributed by atoms with Gasteiger partial charge in [-0.1, -0.05) is 11.8 Å². The number of aryl methyl sites for hydroxylation is 2. The lowest BCUT2D eigenvalue weighted by atomic mass is 10.2. The molecule has 1 amide bonds. The predicted molar refractivity (Wildman–Crippen MR) is 85.0 cm³/mol. The molecule has 2 aromatic rings. The Balaban J connectivity index is 1.73. The van der Waals surface area contributed by atoms with Gasteiger partial charge >= 0.3 is 0 Å². The third-order valence-corrected chi connectivity index (χ3v) is 5.13. The molecule has 0 radical (unpaired) electrons. The van der Waals surface area contributed by atoms with Gasteiger partial charge in [-0.2, -0.15) is 0 Å². The van der Waals surface area contributed by atoms with E-state index in [1.165, 1.54) is 16.2 Å². The Morgan fingerprint density at radius 3 is 3.19 bits per heavy atom. The van der Waals surface area contributed by atoms with Crippen LogP contribution in [0.1, 0.15) is 38.6 Å². The van der Waals surface area contributed by atoms with E-state index in [9.17, 15) is 4.79 Å². The van der Waals surface area contributed by atoms with E-state index in [0.29, 0.717) is 22.0 Å². The van der Waals surface area contributed by atoms with Crippen LogP contribution < -0.4 is 5.32 Å². The molecule has 0 saturated carbocycles. The van der Waals surface area contributed by atoms with Gasteiger partial charge in [0.2, 0.25) is 0 Å². The molecule has 108 valence electrons. The Kier molecular flexibility index (Phi) is 4.34. The third-order valence-electron chi connectivity index (χ3n) is 3.15. The van der Waals surface area contributed by atoms with Crippen molar-refractivity contribution in [2.75, 3.05) is 11.9 Å². The van der Waals surface area contributed by atoms with E-state index in [-0.39, 0.29) is 12.5 Å². The van der Waals surface area contributed by atoms with Crippen molar-refractivity contribution >= 4 is 33.7 Å². The summed E-state index contributed by atoms with van der Waals surface area (Å²) in [4.78, 5) is 18.7. The van der Waals surface area contributed by atoms with E-state index in [4.69, 9.17) is 5.11 Å². The summed E-state index contributed by atoms with van der Waals surface area (Å²) in [6.07, 6.45) is 3.66. The monoisotopic (exact) mass is 318 g/mol. The lowest BCUT2D eigenvalue weighted by Crippen LogP contribution is -2.11. The van der Waals surface area contributed by atoms with Crippen molar-refractivity contribution in [1.82, 2.24) is 4.98 Å². The molecule has 0 aliphatic heterocycles. The van der Waals surface area contributed by atoms with Crippen molar-refractivity contribution in [2.24, 2.45) is 0 Å². The average Bonchev–Trinajstić information content (AvgIpc) is 3.13. The summed E-state index contributed by atoms with van der Waals surface area (Å²) in [6, 6.07) is 1.83. The number of carbonyl (C=O) groups excluding carboxylic acids is 1. The summed E-state index contributed by atoms with van der Waals surface area (Å²) in [5, 5.41) is 14.1. The van der Waals surface area contributed by atoms with E-state index in [0.717, 1.165) is 25.0 Å². The van der Waals surface area contributed by atoms with E-state index < -0.39 is 0 Å². The first-order valence-electron chi connectivity index (χ1n) is 6.75. The number of carbonyl (C=O) groups is 1. The number of nitrogens with zero attached hydrogens (tertiary/aromatic N) is 1. The van der Waals surface area contributed by atoms with Gasteiger partial charge in [0.05, 0.1) is 12.3 Å². The van der Waals surface area contributed by atoms with E-state index >= 15 is 0 Å². The Hall–Kier alpha value is -1.68. The largest absolute Gasteiger partial charge is 0.395 e. The lowest BCUT2D eigenvalue weighted by molar-refractivity contribution is 0.103. The summed E-state index contributed by atoms with van der Waals surface area (Å²) in [6.45, 7) is 0.0311. The molecule has 0 fully saturated rings. The van der Waals surface area contributed by atoms with Gasteiger partial charge in [-0.25, -0.2) is 4.98 Å². The minimum Gasteiger partial charge on any atom is -0.395 e. The molecule has 1 aliphatic rings. The minimum atomic E-state index is -0.161. The first-order chi connectivity index (χ1) is 10.3. The molecule has 0 bridgehead atoms. The number of rotatable bonds is 3. The van der Waals surface area contributed by atoms with Crippen LogP contribution in [0, 0.1) is 11.8 Å². The van der Waals surface area contributed by atoms with Crippen molar-refractivity contribution in [3.8, 4) is 11.8 Å². The molecule has 0 spiro atoms. The number of amides is 1. The van der Waals surface area contributed by atoms with Gasteiger partial charge in [0.25, 0.3) is 5.91 Å². The number of fused-ring (bicyclic) bond motifs is 1. The van der Waals surface area contributed by atoms with Crippen LogP contribution >= 0.6 is 22.7 Å². The summed E-state index contributed by atoms with van der Waals surface area (Å²) < 4.78 is 0. The van der Waals surface area contributed by atoms with Gasteiger partial charge in [-0.05, 0) is 30.7 Å². The smallest absolute Gasteiger partial charge is 0.268 e. The molecule has 2 N–H and O–H groups in total. The van der Waals surface area contributed by atoms with Crippen LogP contribution in [0.15, 0.2) is 11.4 Å². The Bertz CT molecular complexity index is 700. The first-order valence-corrected chi connectivity index (χ1v) is 8.44. The molecule has 0 saturated heterocycles. The Morgan fingerprint density at radius 1 is 1.48 bits per heavy atom. The summed E-state index contributed by atoms with van der Waals surface area (Å²) in [5.74, 6) is 5.60. The van der Waals surface area contributed by atoms with Gasteiger partial charge in [-0.3, -0.25) is 10.1 Å². The second-order valence-corrected chi connectivity index (χ2v) is 6.64. The Morgan fingerprint density at radius 2 is 2.38 bits per heavy atom. The van der Waals surface area contributed by atoms with Crippen LogP contribution in [0.3, 0.4) is 0 Å². The van der Waals surface area contributed by atoms with Gasteiger partial charge < -0.3 is 5.11 Å². The number of aromatic nitrogens is 1. The third kappa shape index (κ3) is 3.16. The number of thiazole rings is 1. The maximum absolute atomic E-state index is 12.3. The highest BCUT2D eigenvalue weighted by Crippen LogP contribution is 2.31. The van der Waals surface area contributed by atoms with Gasteiger partial charge in [0.15, 0.2) is 5.13 Å². The van der Waals surface area contributed by atoms with Crippen molar-refractivity contribution < 1.29 is 9.90 Å². The van der Waals surface area contributed by atoms with E-state index in [1.54, 1.807) is 11.3 Å². The standard InChI is InChI=1S/C15H14N2O2S2/c18-8-2-1-4-10-7-9-20-13(10)14(19)17-15-16-11-5-3-6-12(11)21-15/h7,9,18H,2-3,5-6,8H2,(H,16,17,19). The minimum absolute atomic E-state index is 0.0311. The van der Waals surface area contributed by atoms with Gasteiger partial charge in [-0.15, -0.1) is 22.7 Å². The SMILES string of the molecule is O=C(Nc1nc2c(s1)CCC2)c1sccc1C#CCCO. The molecule has 2 heterocycles. The van der Waals surface area contributed by atoms with E-state index in [2.05, 4.69) is 22.1 Å². The number of aliphatic hydroxyl groups is 1. The summed E-state index contributed by atoms with van der Waals surface area (Å²) >= 11 is 2.93. The summed E-state index contributed by atoms with van der Waals surface area (Å²) in [7, 11) is 0. The van der Waals surface area contributed by atoms with Crippen LogP contribution in [0.4, 0.5) is 5.13 Å². The highest BCUT2D eigenvalue weighted by atomic mass is 32.1. The van der Waals surface area contributed by atoms with Crippen LogP contribution in [0.5, 0.6) is 0 Å². The van der Waals surface area contributed by atoms with Crippen molar-refractivity contribution in [3.05, 3.63) is 32.5 Å². The van der Waals surface area contributed by atoms with Crippen molar-refractivity contribution in [3.63, 3.8) is 0 Å². The zero-order chi connectivity index (χ0) is 14.7. The highest BCUT2D eigenvalue weighted by molar-refractivity contribution is 7.16. The molecule has 0 aromatic carbocycles. The number of aliphatic hydroxyl groups excluding tert-OH is 1. The molecule has 1 aliphatic carbocycles. The molecule has 0 unspecified atom stereocenters. The maximum atomic E-state index is 12.3. The molecule has 6 heteroatoms. The fourth-order valence-electron chi connectivity index (χ4n) is 2.19. The molecule has 2 aromatic heterocycles. The predicted octanol–water partition coefficient (Wildman–Crippen LogP) is 2.68. The highest BCUT2D eigenvalue weighted by Gasteiger charge is 2.19. The molecule has 3 rings (SSSR count). The van der Waals surface area contributed by atoms with Gasteiger partial charge in [0.1, 0.15) is 4.88 Å². The van der Waals surface area contributed by atoms with Crippen LogP contribution in [-0.2, 0) is 12.8 Å². The maximum Gasteiger partial charge on any atom is 0.268 e. The molecular formula is C15H14N2O2S2. The number of hydrogen-bond acceptors (Lipinski definition) is 5. The lowest BCUT2D eigenvalue weighted by Gasteiger charge is -2.00. The molecule has 21 heavy (non-hydrogen) atoms. The molecular weight excluding hydrogens is 304 g/mol. The van der Waals surface area contributed by atoms with Crippen molar-refractivity contribution in [2.45, 2.75) is 25.7 Å². The number of anilines is 1. The number of nitrogens with one attached hydrogen (secondary N) is 1. The first kappa shape index (κ1) is 14.3. The second-order valence-electron chi connectivity index (χ2n) is 4.64. The Labute approximate surface area is 130 Å². The average molecular weight is 318 g/mol.